The van der Waals surface area contributed by atoms with Crippen molar-refractivity contribution < 1.29 is 4.74 Å². The fraction of sp³-hybridized carbons (Fsp3) is 0.500. The second kappa shape index (κ2) is 5.05. The number of alkyl halides is 1. The molecule has 1 rings (SSSR count). The SMILES string of the molecule is COc1cccc(N(C)C(C)CCl)n1. The van der Waals surface area contributed by atoms with Gasteiger partial charge in [-0.3, -0.25) is 0 Å². The standard InChI is InChI=1S/C10H15ClN2O/c1-8(7-11)13(2)9-5-4-6-10(12-9)14-3/h4-6,8H,7H2,1-3H3. The maximum Gasteiger partial charge on any atom is 0.214 e. The zero-order chi connectivity index (χ0) is 10.6. The van der Waals surface area contributed by atoms with Gasteiger partial charge in [-0.1, -0.05) is 6.07 Å². The molecule has 0 spiro atoms. The van der Waals surface area contributed by atoms with Crippen LogP contribution in [-0.2, 0) is 0 Å². The molecule has 78 valence electrons. The van der Waals surface area contributed by atoms with E-state index in [4.69, 9.17) is 16.3 Å². The largest absolute Gasteiger partial charge is 0.481 e. The number of halogens is 1. The molecule has 0 aromatic carbocycles. The van der Waals surface area contributed by atoms with Crippen LogP contribution in [0.2, 0.25) is 0 Å². The van der Waals surface area contributed by atoms with E-state index < -0.39 is 0 Å². The van der Waals surface area contributed by atoms with Crippen LogP contribution >= 0.6 is 11.6 Å². The Morgan fingerprint density at radius 1 is 1.57 bits per heavy atom. The number of methoxy groups -OCH3 is 1. The van der Waals surface area contributed by atoms with Crippen molar-refractivity contribution in [1.82, 2.24) is 4.98 Å². The number of nitrogens with zero attached hydrogens (tertiary/aromatic N) is 2. The zero-order valence-electron chi connectivity index (χ0n) is 8.70. The van der Waals surface area contributed by atoms with Crippen LogP contribution in [0.4, 0.5) is 5.82 Å². The summed E-state index contributed by atoms with van der Waals surface area (Å²) in [4.78, 5) is 6.33. The molecule has 1 aromatic rings. The monoisotopic (exact) mass is 214 g/mol. The van der Waals surface area contributed by atoms with E-state index in [0.717, 1.165) is 5.82 Å². The average molecular weight is 215 g/mol. The quantitative estimate of drug-likeness (QED) is 0.719. The number of aromatic nitrogens is 1. The molecular weight excluding hydrogens is 200 g/mol. The van der Waals surface area contributed by atoms with E-state index >= 15 is 0 Å². The van der Waals surface area contributed by atoms with E-state index in [1.54, 1.807) is 7.11 Å². The third kappa shape index (κ3) is 2.51. The van der Waals surface area contributed by atoms with Crippen molar-refractivity contribution in [3.8, 4) is 5.88 Å². The van der Waals surface area contributed by atoms with Gasteiger partial charge in [0.15, 0.2) is 0 Å². The normalized spacial score (nSPS) is 12.3. The van der Waals surface area contributed by atoms with Crippen molar-refractivity contribution in [1.29, 1.82) is 0 Å². The number of anilines is 1. The molecule has 4 heteroatoms. The van der Waals surface area contributed by atoms with Gasteiger partial charge in [-0.25, -0.2) is 0 Å². The van der Waals surface area contributed by atoms with E-state index in [0.29, 0.717) is 11.8 Å². The highest BCUT2D eigenvalue weighted by atomic mass is 35.5. The molecule has 0 radical (unpaired) electrons. The van der Waals surface area contributed by atoms with Crippen LogP contribution in [0.25, 0.3) is 0 Å². The predicted molar refractivity (Wildman–Crippen MR) is 59.4 cm³/mol. The van der Waals surface area contributed by atoms with Gasteiger partial charge in [0.05, 0.1) is 7.11 Å². The molecule has 0 saturated carbocycles. The van der Waals surface area contributed by atoms with Gasteiger partial charge in [-0.05, 0) is 13.0 Å². The first-order valence-electron chi connectivity index (χ1n) is 4.49. The van der Waals surface area contributed by atoms with Crippen LogP contribution in [0.1, 0.15) is 6.92 Å². The minimum Gasteiger partial charge on any atom is -0.481 e. The van der Waals surface area contributed by atoms with Crippen LogP contribution < -0.4 is 9.64 Å². The number of ether oxygens (including phenoxy) is 1. The molecule has 3 nitrogen and oxygen atoms in total. The van der Waals surface area contributed by atoms with E-state index in [2.05, 4.69) is 4.98 Å². The van der Waals surface area contributed by atoms with Gasteiger partial charge in [0.25, 0.3) is 0 Å². The van der Waals surface area contributed by atoms with E-state index in [-0.39, 0.29) is 6.04 Å². The van der Waals surface area contributed by atoms with Crippen molar-refractivity contribution in [2.45, 2.75) is 13.0 Å². The third-order valence-corrected chi connectivity index (χ3v) is 2.61. The van der Waals surface area contributed by atoms with Crippen LogP contribution in [-0.4, -0.2) is 31.1 Å². The maximum absolute atomic E-state index is 5.77. The Bertz CT molecular complexity index is 293. The van der Waals surface area contributed by atoms with E-state index in [9.17, 15) is 0 Å². The van der Waals surface area contributed by atoms with Crippen molar-refractivity contribution >= 4 is 17.4 Å². The number of hydrogen-bond donors (Lipinski definition) is 0. The van der Waals surface area contributed by atoms with Crippen LogP contribution in [0, 0.1) is 0 Å². The fourth-order valence-electron chi connectivity index (χ4n) is 1.04. The molecule has 0 aliphatic rings. The second-order valence-electron chi connectivity index (χ2n) is 3.15. The van der Waals surface area contributed by atoms with Gasteiger partial charge >= 0.3 is 0 Å². The van der Waals surface area contributed by atoms with Gasteiger partial charge < -0.3 is 9.64 Å². The average Bonchev–Trinajstić information content (AvgIpc) is 2.27. The lowest BCUT2D eigenvalue weighted by Crippen LogP contribution is -2.30. The lowest BCUT2D eigenvalue weighted by Gasteiger charge is -2.24. The van der Waals surface area contributed by atoms with Crippen molar-refractivity contribution in [3.63, 3.8) is 0 Å². The molecule has 1 atom stereocenters. The van der Waals surface area contributed by atoms with Crippen molar-refractivity contribution in [2.75, 3.05) is 24.9 Å². The predicted octanol–water partition coefficient (Wildman–Crippen LogP) is 2.15. The molecule has 1 aromatic heterocycles. The third-order valence-electron chi connectivity index (χ3n) is 2.16. The number of pyridine rings is 1. The first-order valence-corrected chi connectivity index (χ1v) is 5.02. The van der Waals surface area contributed by atoms with Crippen LogP contribution in [0.5, 0.6) is 5.88 Å². The Morgan fingerprint density at radius 2 is 2.29 bits per heavy atom. The summed E-state index contributed by atoms with van der Waals surface area (Å²) < 4.78 is 5.05. The first kappa shape index (κ1) is 11.1. The topological polar surface area (TPSA) is 25.4 Å². The molecule has 1 unspecified atom stereocenters. The highest BCUT2D eigenvalue weighted by Crippen LogP contribution is 2.16. The van der Waals surface area contributed by atoms with Gasteiger partial charge in [0, 0.05) is 25.0 Å². The Balaban J connectivity index is 2.83. The van der Waals surface area contributed by atoms with E-state index in [1.165, 1.54) is 0 Å². The van der Waals surface area contributed by atoms with Crippen molar-refractivity contribution in [2.24, 2.45) is 0 Å². The maximum atomic E-state index is 5.77. The minimum absolute atomic E-state index is 0.260. The Morgan fingerprint density at radius 3 is 2.86 bits per heavy atom. The lowest BCUT2D eigenvalue weighted by molar-refractivity contribution is 0.398. The Labute approximate surface area is 89.7 Å². The summed E-state index contributed by atoms with van der Waals surface area (Å²) in [5.74, 6) is 2.07. The van der Waals surface area contributed by atoms with Crippen LogP contribution in [0.15, 0.2) is 18.2 Å². The van der Waals surface area contributed by atoms with Gasteiger partial charge in [-0.2, -0.15) is 4.98 Å². The number of hydrogen-bond acceptors (Lipinski definition) is 3. The molecule has 0 saturated heterocycles. The highest BCUT2D eigenvalue weighted by Gasteiger charge is 2.10. The van der Waals surface area contributed by atoms with Crippen LogP contribution in [0.3, 0.4) is 0 Å². The smallest absolute Gasteiger partial charge is 0.214 e. The van der Waals surface area contributed by atoms with Crippen molar-refractivity contribution in [3.05, 3.63) is 18.2 Å². The molecule has 0 fully saturated rings. The molecule has 0 N–H and O–H groups in total. The zero-order valence-corrected chi connectivity index (χ0v) is 9.45. The summed E-state index contributed by atoms with van der Waals surface area (Å²) in [6.45, 7) is 2.05. The second-order valence-corrected chi connectivity index (χ2v) is 3.46. The minimum atomic E-state index is 0.260. The van der Waals surface area contributed by atoms with E-state index in [1.807, 2.05) is 37.1 Å². The van der Waals surface area contributed by atoms with Gasteiger partial charge in [0.1, 0.15) is 5.82 Å². The summed E-state index contributed by atoms with van der Waals surface area (Å²) in [5, 5.41) is 0. The molecule has 0 amide bonds. The molecule has 0 bridgehead atoms. The molecular formula is C10H15ClN2O. The fourth-order valence-corrected chi connectivity index (χ4v) is 1.25. The van der Waals surface area contributed by atoms with Gasteiger partial charge in [-0.15, -0.1) is 11.6 Å². The first-order chi connectivity index (χ1) is 6.69. The summed E-state index contributed by atoms with van der Waals surface area (Å²) >= 11 is 5.77. The summed E-state index contributed by atoms with van der Waals surface area (Å²) in [6.07, 6.45) is 0. The highest BCUT2D eigenvalue weighted by molar-refractivity contribution is 6.18. The Hall–Kier alpha value is -0.960. The summed E-state index contributed by atoms with van der Waals surface area (Å²) in [6, 6.07) is 5.93. The molecule has 1 heterocycles. The summed E-state index contributed by atoms with van der Waals surface area (Å²) in [5.41, 5.74) is 0. The molecule has 0 aliphatic heterocycles. The molecule has 14 heavy (non-hydrogen) atoms. The van der Waals surface area contributed by atoms with Gasteiger partial charge in [0.2, 0.25) is 5.88 Å². The Kier molecular flexibility index (Phi) is 4.01. The molecule has 0 aliphatic carbocycles. The number of rotatable bonds is 4. The summed E-state index contributed by atoms with van der Waals surface area (Å²) in [7, 11) is 3.58. The lowest BCUT2D eigenvalue weighted by atomic mass is 10.3.